The van der Waals surface area contributed by atoms with Gasteiger partial charge in [-0.25, -0.2) is 9.97 Å². The Kier molecular flexibility index (Phi) is 5.17. The Labute approximate surface area is 185 Å². The molecule has 2 heterocycles. The van der Waals surface area contributed by atoms with Crippen LogP contribution in [0.5, 0.6) is 11.5 Å². The van der Waals surface area contributed by atoms with E-state index in [1.807, 2.05) is 72.9 Å². The van der Waals surface area contributed by atoms with E-state index in [2.05, 4.69) is 26.3 Å². The van der Waals surface area contributed by atoms with Gasteiger partial charge in [0.25, 0.3) is 0 Å². The van der Waals surface area contributed by atoms with Gasteiger partial charge in [0, 0.05) is 39.8 Å². The summed E-state index contributed by atoms with van der Waals surface area (Å²) in [5.41, 5.74) is 4.87. The molecular formula is C26H22N4O2. The molecule has 6 nitrogen and oxygen atoms in total. The number of aromatic amines is 1. The van der Waals surface area contributed by atoms with Crippen molar-refractivity contribution in [2.24, 2.45) is 0 Å². The maximum Gasteiger partial charge on any atom is 0.141 e. The van der Waals surface area contributed by atoms with Gasteiger partial charge in [0.1, 0.15) is 23.6 Å². The molecule has 0 saturated carbocycles. The smallest absolute Gasteiger partial charge is 0.141 e. The molecule has 0 unspecified atom stereocenters. The number of benzene rings is 3. The zero-order chi connectivity index (χ0) is 21.9. The van der Waals surface area contributed by atoms with Crippen LogP contribution in [0.3, 0.4) is 0 Å². The second-order valence-corrected chi connectivity index (χ2v) is 7.34. The van der Waals surface area contributed by atoms with Crippen LogP contribution in [0.15, 0.2) is 73.2 Å². The number of aromatic nitrogens is 3. The van der Waals surface area contributed by atoms with Gasteiger partial charge in [-0.15, -0.1) is 0 Å². The molecular weight excluding hydrogens is 400 g/mol. The van der Waals surface area contributed by atoms with E-state index in [4.69, 9.17) is 9.47 Å². The Hall–Kier alpha value is -4.32. The highest BCUT2D eigenvalue weighted by atomic mass is 16.5. The number of H-pyrrole nitrogens is 1. The molecule has 0 atom stereocenters. The minimum Gasteiger partial charge on any atom is -0.497 e. The number of methoxy groups -OCH3 is 2. The van der Waals surface area contributed by atoms with Crippen molar-refractivity contribution in [3.63, 3.8) is 0 Å². The number of anilines is 2. The van der Waals surface area contributed by atoms with E-state index in [0.29, 0.717) is 0 Å². The highest BCUT2D eigenvalue weighted by Crippen LogP contribution is 2.31. The van der Waals surface area contributed by atoms with Crippen LogP contribution in [0, 0.1) is 0 Å². The third-order valence-electron chi connectivity index (χ3n) is 5.37. The summed E-state index contributed by atoms with van der Waals surface area (Å²) in [7, 11) is 3.33. The Morgan fingerprint density at radius 1 is 0.875 bits per heavy atom. The molecule has 32 heavy (non-hydrogen) atoms. The molecule has 0 radical (unpaired) electrons. The van der Waals surface area contributed by atoms with Crippen LogP contribution in [0.2, 0.25) is 0 Å². The summed E-state index contributed by atoms with van der Waals surface area (Å²) in [4.78, 5) is 12.1. The molecule has 5 aromatic rings. The van der Waals surface area contributed by atoms with Crippen molar-refractivity contribution in [2.45, 2.75) is 0 Å². The van der Waals surface area contributed by atoms with Gasteiger partial charge in [-0.3, -0.25) is 0 Å². The van der Waals surface area contributed by atoms with E-state index in [-0.39, 0.29) is 0 Å². The number of hydrogen-bond donors (Lipinski definition) is 2. The van der Waals surface area contributed by atoms with Crippen molar-refractivity contribution in [3.05, 3.63) is 84.3 Å². The summed E-state index contributed by atoms with van der Waals surface area (Å²) < 4.78 is 10.9. The number of hydrogen-bond acceptors (Lipinski definition) is 5. The van der Waals surface area contributed by atoms with Crippen molar-refractivity contribution in [1.29, 1.82) is 0 Å². The minimum atomic E-state index is 0.742. The summed E-state index contributed by atoms with van der Waals surface area (Å²) in [6, 6.07) is 20.1. The van der Waals surface area contributed by atoms with Gasteiger partial charge in [-0.05, 0) is 48.0 Å². The molecule has 0 aliphatic rings. The van der Waals surface area contributed by atoms with Crippen molar-refractivity contribution in [1.82, 2.24) is 15.0 Å². The van der Waals surface area contributed by atoms with E-state index in [1.54, 1.807) is 20.5 Å². The number of fused-ring (bicyclic) bond motifs is 2. The third kappa shape index (κ3) is 3.86. The Morgan fingerprint density at radius 2 is 1.75 bits per heavy atom. The molecule has 2 aromatic heterocycles. The van der Waals surface area contributed by atoms with E-state index < -0.39 is 0 Å². The van der Waals surface area contributed by atoms with Gasteiger partial charge in [-0.2, -0.15) is 0 Å². The van der Waals surface area contributed by atoms with Gasteiger partial charge in [-0.1, -0.05) is 24.3 Å². The largest absolute Gasteiger partial charge is 0.497 e. The van der Waals surface area contributed by atoms with E-state index >= 15 is 0 Å². The number of nitrogens with zero attached hydrogens (tertiary/aromatic N) is 2. The zero-order valence-electron chi connectivity index (χ0n) is 17.8. The first-order chi connectivity index (χ1) is 15.7. The van der Waals surface area contributed by atoms with Crippen LogP contribution < -0.4 is 14.8 Å². The molecule has 0 aliphatic heterocycles. The highest BCUT2D eigenvalue weighted by Gasteiger charge is 2.10. The Morgan fingerprint density at radius 3 is 2.56 bits per heavy atom. The first kappa shape index (κ1) is 19.6. The maximum atomic E-state index is 5.62. The summed E-state index contributed by atoms with van der Waals surface area (Å²) in [6.07, 6.45) is 7.57. The molecule has 0 aliphatic carbocycles. The van der Waals surface area contributed by atoms with Crippen molar-refractivity contribution in [3.8, 4) is 11.5 Å². The van der Waals surface area contributed by atoms with Gasteiger partial charge in [0.15, 0.2) is 0 Å². The Bertz CT molecular complexity index is 1420. The normalized spacial score (nSPS) is 11.3. The number of ether oxygens (including phenoxy) is 2. The van der Waals surface area contributed by atoms with Crippen LogP contribution in [-0.4, -0.2) is 29.2 Å². The zero-order valence-corrected chi connectivity index (χ0v) is 17.8. The standard InChI is InChI=1S/C26H22N4O2/c1-31-21-8-4-17(5-9-21)3-6-19-14-22-24(15-25(19)32-2)28-16-29-26(22)30-20-7-10-23-18(13-20)11-12-27-23/h3-16,27H,1-2H3,(H,28,29,30)/b6-3+. The second-order valence-electron chi connectivity index (χ2n) is 7.34. The predicted octanol–water partition coefficient (Wildman–Crippen LogP) is 6.04. The molecule has 0 spiro atoms. The quantitative estimate of drug-likeness (QED) is 0.326. The molecule has 0 amide bonds. The fourth-order valence-corrected chi connectivity index (χ4v) is 3.68. The second kappa shape index (κ2) is 8.43. The molecule has 2 N–H and O–H groups in total. The SMILES string of the molecule is COc1ccc(/C=C/c2cc3c(Nc4ccc5[nH]ccc5c4)ncnc3cc2OC)cc1. The minimum absolute atomic E-state index is 0.742. The average molecular weight is 422 g/mol. The van der Waals surface area contributed by atoms with Crippen molar-refractivity contribution < 1.29 is 9.47 Å². The van der Waals surface area contributed by atoms with E-state index in [9.17, 15) is 0 Å². The fraction of sp³-hybridized carbons (Fsp3) is 0.0769. The van der Waals surface area contributed by atoms with Crippen LogP contribution >= 0.6 is 0 Å². The molecule has 158 valence electrons. The first-order valence-corrected chi connectivity index (χ1v) is 10.2. The average Bonchev–Trinajstić information content (AvgIpc) is 3.31. The van der Waals surface area contributed by atoms with Crippen LogP contribution in [0.25, 0.3) is 34.0 Å². The lowest BCUT2D eigenvalue weighted by atomic mass is 10.1. The van der Waals surface area contributed by atoms with Crippen LogP contribution in [0.1, 0.15) is 11.1 Å². The van der Waals surface area contributed by atoms with Crippen molar-refractivity contribution in [2.75, 3.05) is 19.5 Å². The van der Waals surface area contributed by atoms with Gasteiger partial charge >= 0.3 is 0 Å². The van der Waals surface area contributed by atoms with Crippen molar-refractivity contribution >= 4 is 45.5 Å². The fourth-order valence-electron chi connectivity index (χ4n) is 3.68. The lowest BCUT2D eigenvalue weighted by Crippen LogP contribution is -1.97. The number of rotatable bonds is 6. The maximum absolute atomic E-state index is 5.62. The first-order valence-electron chi connectivity index (χ1n) is 10.2. The highest BCUT2D eigenvalue weighted by molar-refractivity contribution is 5.95. The van der Waals surface area contributed by atoms with Crippen LogP contribution in [0.4, 0.5) is 11.5 Å². The molecule has 6 heteroatoms. The molecule has 0 bridgehead atoms. The van der Waals surface area contributed by atoms with Crippen LogP contribution in [-0.2, 0) is 0 Å². The third-order valence-corrected chi connectivity index (χ3v) is 5.37. The summed E-state index contributed by atoms with van der Waals surface area (Å²) in [5.74, 6) is 2.32. The molecule has 0 fully saturated rings. The molecule has 3 aromatic carbocycles. The van der Waals surface area contributed by atoms with E-state index in [0.717, 1.165) is 55.9 Å². The van der Waals surface area contributed by atoms with Gasteiger partial charge < -0.3 is 19.8 Å². The monoisotopic (exact) mass is 422 g/mol. The van der Waals surface area contributed by atoms with Gasteiger partial charge in [0.2, 0.25) is 0 Å². The predicted molar refractivity (Wildman–Crippen MR) is 130 cm³/mol. The summed E-state index contributed by atoms with van der Waals surface area (Å²) in [6.45, 7) is 0. The molecule has 0 saturated heterocycles. The number of nitrogens with one attached hydrogen (secondary N) is 2. The Balaban J connectivity index is 1.52. The lowest BCUT2D eigenvalue weighted by molar-refractivity contribution is 0.414. The molecule has 5 rings (SSSR count). The van der Waals surface area contributed by atoms with Gasteiger partial charge in [0.05, 0.1) is 19.7 Å². The topological polar surface area (TPSA) is 72.1 Å². The van der Waals surface area contributed by atoms with E-state index in [1.165, 1.54) is 0 Å². The summed E-state index contributed by atoms with van der Waals surface area (Å²) >= 11 is 0. The lowest BCUT2D eigenvalue weighted by Gasteiger charge is -2.11. The summed E-state index contributed by atoms with van der Waals surface area (Å²) in [5, 5.41) is 5.49.